The first kappa shape index (κ1) is 17.7. The van der Waals surface area contributed by atoms with E-state index in [9.17, 15) is 9.59 Å². The number of amides is 2. The summed E-state index contributed by atoms with van der Waals surface area (Å²) in [5, 5.41) is 2.87. The van der Waals surface area contributed by atoms with Crippen molar-refractivity contribution in [1.29, 1.82) is 0 Å². The molecule has 1 fully saturated rings. The van der Waals surface area contributed by atoms with Crippen molar-refractivity contribution in [3.05, 3.63) is 48.2 Å². The van der Waals surface area contributed by atoms with Crippen LogP contribution in [0.3, 0.4) is 0 Å². The molecule has 0 bridgehead atoms. The molecule has 1 saturated heterocycles. The molecule has 1 aromatic heterocycles. The van der Waals surface area contributed by atoms with E-state index in [0.29, 0.717) is 37.4 Å². The number of benzene rings is 1. The fraction of sp³-hybridized carbons (Fsp3) is 0.316. The second kappa shape index (κ2) is 7.86. The Morgan fingerprint density at radius 1 is 1.08 bits per heavy atom. The molecule has 0 radical (unpaired) electrons. The van der Waals surface area contributed by atoms with Crippen LogP contribution in [-0.4, -0.2) is 55.0 Å². The molecule has 0 spiro atoms. The molecule has 2 amide bonds. The zero-order valence-electron chi connectivity index (χ0n) is 14.9. The summed E-state index contributed by atoms with van der Waals surface area (Å²) in [5.74, 6) is 1.38. The number of pyridine rings is 1. The Bertz CT molecular complexity index is 784. The molecule has 136 valence electrons. The van der Waals surface area contributed by atoms with Gasteiger partial charge in [-0.3, -0.25) is 9.59 Å². The van der Waals surface area contributed by atoms with Crippen LogP contribution in [0.25, 0.3) is 0 Å². The van der Waals surface area contributed by atoms with Crippen molar-refractivity contribution in [1.82, 2.24) is 9.88 Å². The summed E-state index contributed by atoms with van der Waals surface area (Å²) in [4.78, 5) is 32.2. The minimum absolute atomic E-state index is 0.0882. The first-order chi connectivity index (χ1) is 12.6. The lowest BCUT2D eigenvalue weighted by molar-refractivity contribution is -0.129. The Morgan fingerprint density at radius 2 is 1.77 bits per heavy atom. The summed E-state index contributed by atoms with van der Waals surface area (Å²) in [6.07, 6.45) is 1.63. The highest BCUT2D eigenvalue weighted by atomic mass is 16.5. The molecular formula is C19H22N4O3. The van der Waals surface area contributed by atoms with Gasteiger partial charge < -0.3 is 19.9 Å². The summed E-state index contributed by atoms with van der Waals surface area (Å²) >= 11 is 0. The molecule has 7 heteroatoms. The van der Waals surface area contributed by atoms with Crippen LogP contribution in [0.1, 0.15) is 17.3 Å². The van der Waals surface area contributed by atoms with Crippen LogP contribution in [-0.2, 0) is 4.79 Å². The fourth-order valence-corrected chi connectivity index (χ4v) is 2.86. The number of rotatable bonds is 4. The van der Waals surface area contributed by atoms with Gasteiger partial charge in [0, 0.05) is 50.6 Å². The molecule has 0 unspecified atom stereocenters. The number of nitrogens with one attached hydrogen (secondary N) is 1. The number of piperazine rings is 1. The van der Waals surface area contributed by atoms with Crippen molar-refractivity contribution in [3.63, 3.8) is 0 Å². The Balaban J connectivity index is 1.66. The highest BCUT2D eigenvalue weighted by Crippen LogP contribution is 2.18. The SMILES string of the molecule is COc1ccc(NC(=O)c2ccnc(N3CCN(C(C)=O)CC3)c2)cc1. The van der Waals surface area contributed by atoms with Crippen molar-refractivity contribution >= 4 is 23.3 Å². The highest BCUT2D eigenvalue weighted by Gasteiger charge is 2.20. The summed E-state index contributed by atoms with van der Waals surface area (Å²) < 4.78 is 5.11. The maximum absolute atomic E-state index is 12.5. The van der Waals surface area contributed by atoms with Gasteiger partial charge in [-0.15, -0.1) is 0 Å². The van der Waals surface area contributed by atoms with Crippen molar-refractivity contribution in [2.24, 2.45) is 0 Å². The molecular weight excluding hydrogens is 332 g/mol. The van der Waals surface area contributed by atoms with Crippen LogP contribution in [0.2, 0.25) is 0 Å². The third-order valence-electron chi connectivity index (χ3n) is 4.40. The van der Waals surface area contributed by atoms with Gasteiger partial charge in [0.2, 0.25) is 5.91 Å². The number of carbonyl (C=O) groups is 2. The summed E-state index contributed by atoms with van der Waals surface area (Å²) in [5.41, 5.74) is 1.24. The smallest absolute Gasteiger partial charge is 0.255 e. The Kier molecular flexibility index (Phi) is 5.36. The van der Waals surface area contributed by atoms with E-state index in [1.165, 1.54) is 0 Å². The number of methoxy groups -OCH3 is 1. The Labute approximate surface area is 152 Å². The molecule has 2 aromatic rings. The zero-order valence-corrected chi connectivity index (χ0v) is 14.9. The fourth-order valence-electron chi connectivity index (χ4n) is 2.86. The van der Waals surface area contributed by atoms with E-state index in [-0.39, 0.29) is 11.8 Å². The van der Waals surface area contributed by atoms with E-state index >= 15 is 0 Å². The maximum atomic E-state index is 12.5. The van der Waals surface area contributed by atoms with Gasteiger partial charge in [-0.1, -0.05) is 0 Å². The topological polar surface area (TPSA) is 74.8 Å². The highest BCUT2D eigenvalue weighted by molar-refractivity contribution is 6.04. The molecule has 2 heterocycles. The molecule has 1 aromatic carbocycles. The average Bonchev–Trinajstić information content (AvgIpc) is 2.68. The molecule has 0 atom stereocenters. The van der Waals surface area contributed by atoms with Gasteiger partial charge in [-0.05, 0) is 36.4 Å². The van der Waals surface area contributed by atoms with E-state index < -0.39 is 0 Å². The van der Waals surface area contributed by atoms with Gasteiger partial charge in [0.05, 0.1) is 7.11 Å². The molecule has 1 aliphatic heterocycles. The Morgan fingerprint density at radius 3 is 2.38 bits per heavy atom. The van der Waals surface area contributed by atoms with E-state index in [0.717, 1.165) is 11.6 Å². The normalized spacial score (nSPS) is 14.1. The number of hydrogen-bond acceptors (Lipinski definition) is 5. The van der Waals surface area contributed by atoms with Crippen molar-refractivity contribution in [2.75, 3.05) is 43.5 Å². The van der Waals surface area contributed by atoms with Crippen LogP contribution < -0.4 is 15.0 Å². The standard InChI is InChI=1S/C19H22N4O3/c1-14(24)22-9-11-23(12-10-22)18-13-15(7-8-20-18)19(25)21-16-3-5-17(26-2)6-4-16/h3-8,13H,9-12H2,1-2H3,(H,21,25). The monoisotopic (exact) mass is 354 g/mol. The molecule has 0 saturated carbocycles. The first-order valence-electron chi connectivity index (χ1n) is 8.49. The van der Waals surface area contributed by atoms with E-state index in [1.807, 2.05) is 4.90 Å². The van der Waals surface area contributed by atoms with Crippen LogP contribution in [0.5, 0.6) is 5.75 Å². The zero-order chi connectivity index (χ0) is 18.5. The minimum atomic E-state index is -0.193. The van der Waals surface area contributed by atoms with E-state index in [1.54, 1.807) is 56.6 Å². The van der Waals surface area contributed by atoms with E-state index in [4.69, 9.17) is 4.74 Å². The molecule has 26 heavy (non-hydrogen) atoms. The lowest BCUT2D eigenvalue weighted by Gasteiger charge is -2.35. The van der Waals surface area contributed by atoms with Gasteiger partial charge in [-0.2, -0.15) is 0 Å². The number of ether oxygens (including phenoxy) is 1. The third-order valence-corrected chi connectivity index (χ3v) is 4.40. The van der Waals surface area contributed by atoms with Gasteiger partial charge in [0.25, 0.3) is 5.91 Å². The summed E-state index contributed by atoms with van der Waals surface area (Å²) in [6.45, 7) is 4.32. The second-order valence-corrected chi connectivity index (χ2v) is 6.08. The van der Waals surface area contributed by atoms with Crippen molar-refractivity contribution in [3.8, 4) is 5.75 Å². The third kappa shape index (κ3) is 4.11. The van der Waals surface area contributed by atoms with Gasteiger partial charge in [-0.25, -0.2) is 4.98 Å². The van der Waals surface area contributed by atoms with Gasteiger partial charge in [0.1, 0.15) is 11.6 Å². The largest absolute Gasteiger partial charge is 0.497 e. The minimum Gasteiger partial charge on any atom is -0.497 e. The Hall–Kier alpha value is -3.09. The summed E-state index contributed by atoms with van der Waals surface area (Å²) in [6, 6.07) is 10.6. The van der Waals surface area contributed by atoms with Crippen molar-refractivity contribution < 1.29 is 14.3 Å². The number of anilines is 2. The van der Waals surface area contributed by atoms with Gasteiger partial charge in [0.15, 0.2) is 0 Å². The molecule has 1 aliphatic rings. The number of hydrogen-bond donors (Lipinski definition) is 1. The molecule has 0 aliphatic carbocycles. The number of carbonyl (C=O) groups excluding carboxylic acids is 2. The maximum Gasteiger partial charge on any atom is 0.255 e. The predicted molar refractivity (Wildman–Crippen MR) is 99.7 cm³/mol. The number of nitrogens with zero attached hydrogens (tertiary/aromatic N) is 3. The summed E-state index contributed by atoms with van der Waals surface area (Å²) in [7, 11) is 1.60. The lowest BCUT2D eigenvalue weighted by atomic mass is 10.2. The second-order valence-electron chi connectivity index (χ2n) is 6.08. The molecule has 1 N–H and O–H groups in total. The molecule has 7 nitrogen and oxygen atoms in total. The predicted octanol–water partition coefficient (Wildman–Crippen LogP) is 2.01. The van der Waals surface area contributed by atoms with Gasteiger partial charge >= 0.3 is 0 Å². The molecule has 3 rings (SSSR count). The van der Waals surface area contributed by atoms with Crippen LogP contribution in [0.4, 0.5) is 11.5 Å². The van der Waals surface area contributed by atoms with Crippen LogP contribution in [0.15, 0.2) is 42.6 Å². The first-order valence-corrected chi connectivity index (χ1v) is 8.49. The van der Waals surface area contributed by atoms with Crippen molar-refractivity contribution in [2.45, 2.75) is 6.92 Å². The lowest BCUT2D eigenvalue weighted by Crippen LogP contribution is -2.48. The van der Waals surface area contributed by atoms with Crippen LogP contribution in [0, 0.1) is 0 Å². The average molecular weight is 354 g/mol. The van der Waals surface area contributed by atoms with E-state index in [2.05, 4.69) is 15.2 Å². The number of aromatic nitrogens is 1. The van der Waals surface area contributed by atoms with Crippen LogP contribution >= 0.6 is 0 Å². The quantitative estimate of drug-likeness (QED) is 0.909.